The average Bonchev–Trinajstić information content (AvgIpc) is 2.49. The maximum absolute atomic E-state index is 6.17. The summed E-state index contributed by atoms with van der Waals surface area (Å²) in [6.07, 6.45) is 0.834. The highest BCUT2D eigenvalue weighted by Gasteiger charge is 2.03. The molecule has 2 rings (SSSR count). The van der Waals surface area contributed by atoms with Crippen LogP contribution < -0.4 is 9.47 Å². The fourth-order valence-electron chi connectivity index (χ4n) is 1.82. The topological polar surface area (TPSA) is 18.5 Å². The van der Waals surface area contributed by atoms with E-state index in [9.17, 15) is 0 Å². The predicted octanol–water partition coefficient (Wildman–Crippen LogP) is 4.87. The van der Waals surface area contributed by atoms with Crippen molar-refractivity contribution in [3.05, 3.63) is 58.6 Å². The van der Waals surface area contributed by atoms with Gasteiger partial charge in [-0.25, -0.2) is 0 Å². The minimum Gasteiger partial charge on any atom is -0.497 e. The summed E-state index contributed by atoms with van der Waals surface area (Å²) in [4.78, 5) is 0. The van der Waals surface area contributed by atoms with Gasteiger partial charge in [0, 0.05) is 11.8 Å². The monoisotopic (exact) mass is 354 g/mol. The normalized spacial score (nSPS) is 10.3. The van der Waals surface area contributed by atoms with Crippen molar-refractivity contribution in [2.45, 2.75) is 11.8 Å². The number of rotatable bonds is 6. The van der Waals surface area contributed by atoms with E-state index in [0.29, 0.717) is 11.6 Å². The van der Waals surface area contributed by atoms with Gasteiger partial charge in [0.05, 0.1) is 18.7 Å². The maximum atomic E-state index is 6.17. The Balaban J connectivity index is 1.88. The minimum absolute atomic E-state index is 0.597. The van der Waals surface area contributed by atoms with Crippen LogP contribution in [0.5, 0.6) is 11.5 Å². The molecule has 0 bridgehead atoms. The molecule has 4 heteroatoms. The van der Waals surface area contributed by atoms with Crippen molar-refractivity contribution < 1.29 is 9.47 Å². The molecule has 0 aliphatic rings. The van der Waals surface area contributed by atoms with Crippen LogP contribution in [0.3, 0.4) is 0 Å². The Hall–Kier alpha value is -1.19. The molecule has 0 aliphatic carbocycles. The second kappa shape index (κ2) is 7.55. The van der Waals surface area contributed by atoms with Gasteiger partial charge in [-0.05, 0) is 35.4 Å². The van der Waals surface area contributed by atoms with Gasteiger partial charge in [-0.15, -0.1) is 0 Å². The molecule has 0 saturated heterocycles. The van der Waals surface area contributed by atoms with Gasteiger partial charge in [-0.3, -0.25) is 0 Å². The number of hydrogen-bond donors (Lipinski definition) is 0. The number of ether oxygens (including phenoxy) is 2. The SMILES string of the molecule is COc1ccc(CCOc2ccc(CBr)cc2Cl)cc1. The van der Waals surface area contributed by atoms with Gasteiger partial charge in [0.2, 0.25) is 0 Å². The van der Waals surface area contributed by atoms with Crippen LogP contribution in [-0.4, -0.2) is 13.7 Å². The van der Waals surface area contributed by atoms with E-state index < -0.39 is 0 Å². The van der Waals surface area contributed by atoms with Gasteiger partial charge in [0.15, 0.2) is 0 Å². The third kappa shape index (κ3) is 4.15. The van der Waals surface area contributed by atoms with E-state index in [2.05, 4.69) is 15.9 Å². The van der Waals surface area contributed by atoms with Crippen molar-refractivity contribution in [1.82, 2.24) is 0 Å². The molecule has 0 amide bonds. The summed E-state index contributed by atoms with van der Waals surface area (Å²) in [5, 5.41) is 1.44. The first-order chi connectivity index (χ1) is 9.72. The fourth-order valence-corrected chi connectivity index (χ4v) is 2.42. The molecule has 0 spiro atoms. The highest BCUT2D eigenvalue weighted by molar-refractivity contribution is 9.08. The molecule has 0 atom stereocenters. The summed E-state index contributed by atoms with van der Waals surface area (Å²) < 4.78 is 10.8. The van der Waals surface area contributed by atoms with Crippen LogP contribution in [-0.2, 0) is 11.8 Å². The Morgan fingerprint density at radius 2 is 1.75 bits per heavy atom. The Kier molecular flexibility index (Phi) is 5.74. The molecule has 0 aliphatic heterocycles. The van der Waals surface area contributed by atoms with Gasteiger partial charge in [-0.2, -0.15) is 0 Å². The van der Waals surface area contributed by atoms with Gasteiger partial charge in [0.1, 0.15) is 11.5 Å². The molecule has 2 aromatic rings. The van der Waals surface area contributed by atoms with E-state index >= 15 is 0 Å². The maximum Gasteiger partial charge on any atom is 0.137 e. The van der Waals surface area contributed by atoms with Crippen LogP contribution in [0.15, 0.2) is 42.5 Å². The van der Waals surface area contributed by atoms with Crippen molar-refractivity contribution in [3.8, 4) is 11.5 Å². The highest BCUT2D eigenvalue weighted by atomic mass is 79.9. The lowest BCUT2D eigenvalue weighted by Crippen LogP contribution is -2.02. The zero-order valence-corrected chi connectivity index (χ0v) is 13.6. The molecule has 2 nitrogen and oxygen atoms in total. The van der Waals surface area contributed by atoms with Crippen molar-refractivity contribution >= 4 is 27.5 Å². The number of methoxy groups -OCH3 is 1. The van der Waals surface area contributed by atoms with Crippen LogP contribution in [0.4, 0.5) is 0 Å². The van der Waals surface area contributed by atoms with E-state index in [-0.39, 0.29) is 0 Å². The first-order valence-corrected chi connectivity index (χ1v) is 7.83. The van der Waals surface area contributed by atoms with Crippen LogP contribution in [0, 0.1) is 0 Å². The lowest BCUT2D eigenvalue weighted by atomic mass is 10.1. The number of hydrogen-bond acceptors (Lipinski definition) is 2. The minimum atomic E-state index is 0.597. The summed E-state index contributed by atoms with van der Waals surface area (Å²) in [6.45, 7) is 0.597. The van der Waals surface area contributed by atoms with Crippen LogP contribution in [0.25, 0.3) is 0 Å². The molecule has 0 N–H and O–H groups in total. The third-order valence-corrected chi connectivity index (χ3v) is 3.90. The lowest BCUT2D eigenvalue weighted by molar-refractivity contribution is 0.322. The molecule has 0 heterocycles. The van der Waals surface area contributed by atoms with Gasteiger partial charge >= 0.3 is 0 Å². The zero-order chi connectivity index (χ0) is 14.4. The standard InChI is InChI=1S/C16H16BrClO2/c1-19-14-5-2-12(3-6-14)8-9-20-16-7-4-13(11-17)10-15(16)18/h2-7,10H,8-9,11H2,1H3. The molecule has 0 aromatic heterocycles. The van der Waals surface area contributed by atoms with Crippen LogP contribution >= 0.6 is 27.5 Å². The Bertz CT molecular complexity index is 555. The number of benzene rings is 2. The molecular formula is C16H16BrClO2. The van der Waals surface area contributed by atoms with E-state index in [4.69, 9.17) is 21.1 Å². The number of halogens is 2. The van der Waals surface area contributed by atoms with Crippen molar-refractivity contribution in [3.63, 3.8) is 0 Å². The van der Waals surface area contributed by atoms with E-state index in [0.717, 1.165) is 28.8 Å². The zero-order valence-electron chi connectivity index (χ0n) is 11.2. The van der Waals surface area contributed by atoms with Crippen LogP contribution in [0.1, 0.15) is 11.1 Å². The molecule has 0 unspecified atom stereocenters. The second-order valence-corrected chi connectivity index (χ2v) is 5.31. The third-order valence-electron chi connectivity index (χ3n) is 2.96. The highest BCUT2D eigenvalue weighted by Crippen LogP contribution is 2.26. The average molecular weight is 356 g/mol. The molecular weight excluding hydrogens is 340 g/mol. The number of alkyl halides is 1. The Labute approximate surface area is 132 Å². The van der Waals surface area contributed by atoms with E-state index in [1.807, 2.05) is 42.5 Å². The first kappa shape index (κ1) is 15.2. The molecule has 0 saturated carbocycles. The molecule has 0 fully saturated rings. The summed E-state index contributed by atoms with van der Waals surface area (Å²) >= 11 is 9.57. The second-order valence-electron chi connectivity index (χ2n) is 4.34. The molecule has 2 aromatic carbocycles. The van der Waals surface area contributed by atoms with Crippen molar-refractivity contribution in [2.24, 2.45) is 0 Å². The Morgan fingerprint density at radius 3 is 2.35 bits per heavy atom. The largest absolute Gasteiger partial charge is 0.497 e. The summed E-state index contributed by atoms with van der Waals surface area (Å²) in [7, 11) is 1.66. The molecule has 106 valence electrons. The van der Waals surface area contributed by atoms with Crippen LogP contribution in [0.2, 0.25) is 5.02 Å². The van der Waals surface area contributed by atoms with E-state index in [1.165, 1.54) is 5.56 Å². The van der Waals surface area contributed by atoms with Crippen molar-refractivity contribution in [1.29, 1.82) is 0 Å². The van der Waals surface area contributed by atoms with Gasteiger partial charge in [-0.1, -0.05) is 45.7 Å². The summed E-state index contributed by atoms with van der Waals surface area (Å²) in [5.74, 6) is 1.59. The van der Waals surface area contributed by atoms with E-state index in [1.54, 1.807) is 7.11 Å². The first-order valence-electron chi connectivity index (χ1n) is 6.33. The van der Waals surface area contributed by atoms with Gasteiger partial charge in [0.25, 0.3) is 0 Å². The smallest absolute Gasteiger partial charge is 0.137 e. The quantitative estimate of drug-likeness (QED) is 0.689. The Morgan fingerprint density at radius 1 is 1.05 bits per heavy atom. The van der Waals surface area contributed by atoms with Gasteiger partial charge < -0.3 is 9.47 Å². The molecule has 0 radical (unpaired) electrons. The lowest BCUT2D eigenvalue weighted by Gasteiger charge is -2.09. The fraction of sp³-hybridized carbons (Fsp3) is 0.250. The predicted molar refractivity (Wildman–Crippen MR) is 86.3 cm³/mol. The summed E-state index contributed by atoms with van der Waals surface area (Å²) in [6, 6.07) is 13.8. The molecule has 20 heavy (non-hydrogen) atoms. The van der Waals surface area contributed by atoms with Crippen molar-refractivity contribution in [2.75, 3.05) is 13.7 Å². The summed E-state index contributed by atoms with van der Waals surface area (Å²) in [5.41, 5.74) is 2.34.